The SMILES string of the molecule is OCc1cc(F)ccc1Oc1ccc2cccnc2c1. The predicted molar refractivity (Wildman–Crippen MR) is 74.1 cm³/mol. The van der Waals surface area contributed by atoms with Crippen LogP contribution in [0.25, 0.3) is 10.9 Å². The van der Waals surface area contributed by atoms with Crippen LogP contribution in [0.4, 0.5) is 4.39 Å². The molecule has 0 radical (unpaired) electrons. The largest absolute Gasteiger partial charge is 0.457 e. The number of nitrogens with zero attached hydrogens (tertiary/aromatic N) is 1. The van der Waals surface area contributed by atoms with Gasteiger partial charge in [0, 0.05) is 23.2 Å². The van der Waals surface area contributed by atoms with Gasteiger partial charge in [0.1, 0.15) is 17.3 Å². The van der Waals surface area contributed by atoms with Gasteiger partial charge in [-0.3, -0.25) is 4.98 Å². The minimum Gasteiger partial charge on any atom is -0.457 e. The zero-order chi connectivity index (χ0) is 13.9. The number of pyridine rings is 1. The van der Waals surface area contributed by atoms with Crippen molar-refractivity contribution < 1.29 is 14.2 Å². The maximum Gasteiger partial charge on any atom is 0.133 e. The molecule has 0 aliphatic rings. The van der Waals surface area contributed by atoms with E-state index in [1.165, 1.54) is 18.2 Å². The van der Waals surface area contributed by atoms with Crippen LogP contribution in [0.3, 0.4) is 0 Å². The van der Waals surface area contributed by atoms with E-state index in [1.54, 1.807) is 12.3 Å². The second kappa shape index (κ2) is 5.27. The van der Waals surface area contributed by atoms with Crippen molar-refractivity contribution in [2.75, 3.05) is 0 Å². The molecule has 2 aromatic carbocycles. The lowest BCUT2D eigenvalue weighted by Crippen LogP contribution is -1.93. The second-order valence-corrected chi connectivity index (χ2v) is 4.37. The zero-order valence-corrected chi connectivity index (χ0v) is 10.6. The zero-order valence-electron chi connectivity index (χ0n) is 10.6. The molecule has 3 nitrogen and oxygen atoms in total. The maximum atomic E-state index is 13.1. The molecular formula is C16H12FNO2. The highest BCUT2D eigenvalue weighted by molar-refractivity contribution is 5.79. The second-order valence-electron chi connectivity index (χ2n) is 4.37. The fraction of sp³-hybridized carbons (Fsp3) is 0.0625. The highest BCUT2D eigenvalue weighted by atomic mass is 19.1. The van der Waals surface area contributed by atoms with Crippen molar-refractivity contribution in [2.45, 2.75) is 6.61 Å². The maximum absolute atomic E-state index is 13.1. The van der Waals surface area contributed by atoms with Crippen LogP contribution in [-0.2, 0) is 6.61 Å². The standard InChI is InChI=1S/C16H12FNO2/c17-13-4-6-16(12(8-13)10-19)20-14-5-3-11-2-1-7-18-15(11)9-14/h1-9,19H,10H2. The molecule has 0 amide bonds. The molecule has 1 heterocycles. The molecule has 0 saturated carbocycles. The molecule has 0 atom stereocenters. The molecule has 0 aliphatic carbocycles. The summed E-state index contributed by atoms with van der Waals surface area (Å²) < 4.78 is 18.8. The van der Waals surface area contributed by atoms with Crippen LogP contribution in [0.2, 0.25) is 0 Å². The molecule has 0 unspecified atom stereocenters. The Morgan fingerprint density at radius 3 is 2.85 bits per heavy atom. The van der Waals surface area contributed by atoms with Gasteiger partial charge in [0.2, 0.25) is 0 Å². The molecule has 0 fully saturated rings. The Hall–Kier alpha value is -2.46. The Balaban J connectivity index is 1.96. The number of hydrogen-bond acceptors (Lipinski definition) is 3. The topological polar surface area (TPSA) is 42.4 Å². The van der Waals surface area contributed by atoms with E-state index in [-0.39, 0.29) is 6.61 Å². The molecule has 0 spiro atoms. The van der Waals surface area contributed by atoms with E-state index in [4.69, 9.17) is 4.74 Å². The van der Waals surface area contributed by atoms with Gasteiger partial charge in [-0.15, -0.1) is 0 Å². The highest BCUT2D eigenvalue weighted by Crippen LogP contribution is 2.28. The smallest absolute Gasteiger partial charge is 0.133 e. The first-order valence-corrected chi connectivity index (χ1v) is 6.18. The Morgan fingerprint density at radius 2 is 2.00 bits per heavy atom. The Labute approximate surface area is 115 Å². The normalized spacial score (nSPS) is 10.7. The molecular weight excluding hydrogens is 257 g/mol. The van der Waals surface area contributed by atoms with Gasteiger partial charge < -0.3 is 9.84 Å². The van der Waals surface area contributed by atoms with E-state index in [0.29, 0.717) is 17.1 Å². The lowest BCUT2D eigenvalue weighted by Gasteiger charge is -2.10. The van der Waals surface area contributed by atoms with Crippen LogP contribution in [0.15, 0.2) is 54.7 Å². The quantitative estimate of drug-likeness (QED) is 0.789. The average Bonchev–Trinajstić information content (AvgIpc) is 2.49. The van der Waals surface area contributed by atoms with Crippen molar-refractivity contribution in [1.82, 2.24) is 4.98 Å². The number of fused-ring (bicyclic) bond motifs is 1. The summed E-state index contributed by atoms with van der Waals surface area (Å²) in [4.78, 5) is 4.25. The van der Waals surface area contributed by atoms with E-state index in [0.717, 1.165) is 10.9 Å². The average molecular weight is 269 g/mol. The van der Waals surface area contributed by atoms with Crippen LogP contribution in [0.1, 0.15) is 5.56 Å². The molecule has 20 heavy (non-hydrogen) atoms. The molecule has 1 aromatic heterocycles. The number of aromatic nitrogens is 1. The fourth-order valence-corrected chi connectivity index (χ4v) is 2.01. The third kappa shape index (κ3) is 2.46. The van der Waals surface area contributed by atoms with Gasteiger partial charge in [0.15, 0.2) is 0 Å². The third-order valence-electron chi connectivity index (χ3n) is 3.00. The first-order chi connectivity index (χ1) is 9.76. The monoisotopic (exact) mass is 269 g/mol. The summed E-state index contributed by atoms with van der Waals surface area (Å²) in [6, 6.07) is 13.4. The molecule has 0 aliphatic heterocycles. The summed E-state index contributed by atoms with van der Waals surface area (Å²) in [5.41, 5.74) is 1.23. The number of rotatable bonds is 3. The van der Waals surface area contributed by atoms with Gasteiger partial charge in [-0.2, -0.15) is 0 Å². The van der Waals surface area contributed by atoms with Crippen LogP contribution in [-0.4, -0.2) is 10.1 Å². The summed E-state index contributed by atoms with van der Waals surface area (Å²) in [6.45, 7) is -0.279. The number of aliphatic hydroxyl groups excluding tert-OH is 1. The molecule has 3 aromatic rings. The van der Waals surface area contributed by atoms with Gasteiger partial charge >= 0.3 is 0 Å². The summed E-state index contributed by atoms with van der Waals surface area (Å²) in [5, 5.41) is 10.2. The van der Waals surface area contributed by atoms with Crippen LogP contribution in [0, 0.1) is 5.82 Å². The molecule has 0 saturated heterocycles. The van der Waals surface area contributed by atoms with E-state index in [2.05, 4.69) is 4.98 Å². The van der Waals surface area contributed by atoms with Crippen molar-refractivity contribution in [3.05, 3.63) is 66.1 Å². The van der Waals surface area contributed by atoms with Crippen molar-refractivity contribution in [2.24, 2.45) is 0 Å². The first kappa shape index (κ1) is 12.6. The summed E-state index contributed by atoms with van der Waals surface area (Å²) >= 11 is 0. The lowest BCUT2D eigenvalue weighted by molar-refractivity contribution is 0.276. The molecule has 1 N–H and O–H groups in total. The predicted octanol–water partition coefficient (Wildman–Crippen LogP) is 3.66. The number of ether oxygens (including phenoxy) is 1. The van der Waals surface area contributed by atoms with Gasteiger partial charge in [-0.1, -0.05) is 6.07 Å². The number of hydrogen-bond donors (Lipinski definition) is 1. The Bertz CT molecular complexity index is 758. The lowest BCUT2D eigenvalue weighted by atomic mass is 10.2. The van der Waals surface area contributed by atoms with Crippen molar-refractivity contribution >= 4 is 10.9 Å². The van der Waals surface area contributed by atoms with Crippen LogP contribution < -0.4 is 4.74 Å². The molecule has 3 rings (SSSR count). The minimum absolute atomic E-state index is 0.279. The summed E-state index contributed by atoms with van der Waals surface area (Å²) in [7, 11) is 0. The van der Waals surface area contributed by atoms with Crippen molar-refractivity contribution in [1.29, 1.82) is 0 Å². The van der Waals surface area contributed by atoms with E-state index in [1.807, 2.05) is 24.3 Å². The Kier molecular flexibility index (Phi) is 3.31. The summed E-state index contributed by atoms with van der Waals surface area (Å²) in [6.07, 6.45) is 1.71. The van der Waals surface area contributed by atoms with Gasteiger partial charge in [0.05, 0.1) is 12.1 Å². The molecule has 100 valence electrons. The number of halogens is 1. The third-order valence-corrected chi connectivity index (χ3v) is 3.00. The van der Waals surface area contributed by atoms with Crippen molar-refractivity contribution in [3.63, 3.8) is 0 Å². The number of aliphatic hydroxyl groups is 1. The van der Waals surface area contributed by atoms with E-state index in [9.17, 15) is 9.50 Å². The van der Waals surface area contributed by atoms with Crippen LogP contribution in [0.5, 0.6) is 11.5 Å². The van der Waals surface area contributed by atoms with E-state index < -0.39 is 5.82 Å². The minimum atomic E-state index is -0.401. The molecule has 0 bridgehead atoms. The summed E-state index contributed by atoms with van der Waals surface area (Å²) in [5.74, 6) is 0.628. The van der Waals surface area contributed by atoms with E-state index >= 15 is 0 Å². The van der Waals surface area contributed by atoms with Gasteiger partial charge in [0.25, 0.3) is 0 Å². The van der Waals surface area contributed by atoms with Crippen molar-refractivity contribution in [3.8, 4) is 11.5 Å². The highest BCUT2D eigenvalue weighted by Gasteiger charge is 2.06. The van der Waals surface area contributed by atoms with Gasteiger partial charge in [-0.05, 0) is 36.4 Å². The first-order valence-electron chi connectivity index (χ1n) is 6.18. The number of benzene rings is 2. The fourth-order valence-electron chi connectivity index (χ4n) is 2.01. The van der Waals surface area contributed by atoms with Crippen LogP contribution >= 0.6 is 0 Å². The Morgan fingerprint density at radius 1 is 1.10 bits per heavy atom. The van der Waals surface area contributed by atoms with Gasteiger partial charge in [-0.25, -0.2) is 4.39 Å². The molecule has 4 heteroatoms.